The van der Waals surface area contributed by atoms with Crippen molar-refractivity contribution >= 4 is 33.3 Å². The second-order valence-corrected chi connectivity index (χ2v) is 6.72. The number of benzene rings is 3. The van der Waals surface area contributed by atoms with Gasteiger partial charge in [-0.05, 0) is 48.4 Å². The van der Waals surface area contributed by atoms with Crippen LogP contribution in [0.3, 0.4) is 0 Å². The summed E-state index contributed by atoms with van der Waals surface area (Å²) < 4.78 is 5.53. The molecule has 0 aliphatic carbocycles. The molecular weight excluding hydrogens is 354 g/mol. The van der Waals surface area contributed by atoms with Gasteiger partial charge in [0.25, 0.3) is 0 Å². The number of carbonyl (C=O) groups excluding carboxylic acids is 1. The molecule has 0 aliphatic heterocycles. The summed E-state index contributed by atoms with van der Waals surface area (Å²) in [5.41, 5.74) is 3.04. The molecule has 0 fully saturated rings. The highest BCUT2D eigenvalue weighted by Gasteiger charge is 2.13. The van der Waals surface area contributed by atoms with Crippen molar-refractivity contribution in [3.05, 3.63) is 65.7 Å². The van der Waals surface area contributed by atoms with Gasteiger partial charge in [-0.3, -0.25) is 4.79 Å². The van der Waals surface area contributed by atoms with Gasteiger partial charge in [-0.25, -0.2) is 0 Å². The van der Waals surface area contributed by atoms with E-state index in [4.69, 9.17) is 4.74 Å². The Hall–Kier alpha value is -3.67. The first-order valence-electron chi connectivity index (χ1n) is 8.89. The van der Waals surface area contributed by atoms with Gasteiger partial charge in [0.15, 0.2) is 12.3 Å². The molecule has 0 unspecified atom stereocenters. The zero-order chi connectivity index (χ0) is 19.7. The van der Waals surface area contributed by atoms with Gasteiger partial charge in [-0.2, -0.15) is 0 Å². The average Bonchev–Trinajstić information content (AvgIpc) is 3.00. The van der Waals surface area contributed by atoms with Gasteiger partial charge in [0.05, 0.1) is 5.52 Å². The number of aromatic hydroxyl groups is 1. The quantitative estimate of drug-likeness (QED) is 0.474. The summed E-state index contributed by atoms with van der Waals surface area (Å²) in [6.45, 7) is 3.66. The number of fused-ring (bicyclic) bond motifs is 2. The molecule has 6 heteroatoms. The number of aromatic nitrogens is 1. The van der Waals surface area contributed by atoms with Crippen molar-refractivity contribution in [2.75, 3.05) is 6.61 Å². The predicted octanol–water partition coefficient (Wildman–Crippen LogP) is 5.33. The Bertz CT molecular complexity index is 1220. The number of hydrogen-bond donors (Lipinski definition) is 2. The van der Waals surface area contributed by atoms with Crippen LogP contribution in [-0.2, 0) is 4.79 Å². The fourth-order valence-electron chi connectivity index (χ4n) is 3.26. The molecule has 0 spiro atoms. The highest BCUT2D eigenvalue weighted by atomic mass is 16.5. The normalized spacial score (nSPS) is 11.5. The minimum atomic E-state index is -0.536. The van der Waals surface area contributed by atoms with E-state index >= 15 is 0 Å². The lowest BCUT2D eigenvalue weighted by molar-refractivity contribution is -0.120. The fourth-order valence-corrected chi connectivity index (χ4v) is 3.26. The second-order valence-electron chi connectivity index (χ2n) is 6.72. The molecule has 0 atom stereocenters. The van der Waals surface area contributed by atoms with E-state index in [1.54, 1.807) is 0 Å². The predicted molar refractivity (Wildman–Crippen MR) is 108 cm³/mol. The number of nitrogens with one attached hydrogen (secondary N) is 1. The summed E-state index contributed by atoms with van der Waals surface area (Å²) in [4.78, 5) is 15.0. The van der Waals surface area contributed by atoms with Crippen LogP contribution in [-0.4, -0.2) is 22.6 Å². The largest absolute Gasteiger partial charge is 0.493 e. The van der Waals surface area contributed by atoms with Crippen molar-refractivity contribution in [2.24, 2.45) is 10.2 Å². The standard InChI is InChI=1S/C22H19N3O3/c1-13-9-14(2)20-18(10-13)21(22(27)23-20)25-24-19(26)12-28-17-8-7-15-5-3-4-6-16(15)11-17/h3-11,23,27H,12H2,1-2H3. The van der Waals surface area contributed by atoms with Crippen LogP contribution >= 0.6 is 0 Å². The van der Waals surface area contributed by atoms with Crippen LogP contribution < -0.4 is 4.74 Å². The van der Waals surface area contributed by atoms with E-state index < -0.39 is 5.91 Å². The van der Waals surface area contributed by atoms with Gasteiger partial charge in [0.1, 0.15) is 5.75 Å². The number of hydrogen-bond acceptors (Lipinski definition) is 4. The van der Waals surface area contributed by atoms with Gasteiger partial charge in [-0.1, -0.05) is 42.0 Å². The molecule has 0 saturated heterocycles. The summed E-state index contributed by atoms with van der Waals surface area (Å²) in [5.74, 6) is -0.0644. The molecule has 0 aliphatic rings. The highest BCUT2D eigenvalue weighted by Crippen LogP contribution is 2.37. The maximum atomic E-state index is 12.1. The molecule has 0 radical (unpaired) electrons. The Kier molecular flexibility index (Phi) is 4.53. The van der Waals surface area contributed by atoms with Crippen molar-refractivity contribution < 1.29 is 14.6 Å². The molecule has 1 aromatic heterocycles. The maximum Gasteiger partial charge on any atom is 0.302 e. The summed E-state index contributed by atoms with van der Waals surface area (Å²) in [7, 11) is 0. The molecule has 28 heavy (non-hydrogen) atoms. The number of rotatable bonds is 4. The van der Waals surface area contributed by atoms with Gasteiger partial charge >= 0.3 is 5.91 Å². The average molecular weight is 373 g/mol. The Labute approximate surface area is 161 Å². The smallest absolute Gasteiger partial charge is 0.302 e. The van der Waals surface area contributed by atoms with E-state index in [9.17, 15) is 9.90 Å². The summed E-state index contributed by atoms with van der Waals surface area (Å²) in [5, 5.41) is 20.6. The number of aromatic amines is 1. The Balaban J connectivity index is 1.49. The molecule has 2 N–H and O–H groups in total. The molecular formula is C22H19N3O3. The van der Waals surface area contributed by atoms with Crippen molar-refractivity contribution in [2.45, 2.75) is 13.8 Å². The van der Waals surface area contributed by atoms with Crippen molar-refractivity contribution in [3.8, 4) is 11.6 Å². The molecule has 1 amide bonds. The molecule has 0 bridgehead atoms. The summed E-state index contributed by atoms with van der Waals surface area (Å²) in [6.07, 6.45) is 0. The second kappa shape index (κ2) is 7.15. The summed E-state index contributed by atoms with van der Waals surface area (Å²) >= 11 is 0. The van der Waals surface area contributed by atoms with Gasteiger partial charge < -0.3 is 14.8 Å². The van der Waals surface area contributed by atoms with E-state index in [0.717, 1.165) is 32.8 Å². The van der Waals surface area contributed by atoms with Crippen LogP contribution in [0.4, 0.5) is 5.69 Å². The lowest BCUT2D eigenvalue weighted by Crippen LogP contribution is -2.07. The van der Waals surface area contributed by atoms with Gasteiger partial charge in [0, 0.05) is 5.39 Å². The minimum absolute atomic E-state index is 0.115. The Morgan fingerprint density at radius 1 is 1.07 bits per heavy atom. The van der Waals surface area contributed by atoms with E-state index in [-0.39, 0.29) is 18.2 Å². The molecule has 4 rings (SSSR count). The monoisotopic (exact) mass is 373 g/mol. The van der Waals surface area contributed by atoms with E-state index in [0.29, 0.717) is 5.75 Å². The first-order chi connectivity index (χ1) is 13.5. The number of carbonyl (C=O) groups is 1. The third kappa shape index (κ3) is 3.44. The first-order valence-corrected chi connectivity index (χ1v) is 8.89. The van der Waals surface area contributed by atoms with E-state index in [1.807, 2.05) is 68.4 Å². The maximum absolute atomic E-state index is 12.1. The van der Waals surface area contributed by atoms with E-state index in [2.05, 4.69) is 15.2 Å². The lowest BCUT2D eigenvalue weighted by Gasteiger charge is -2.04. The van der Waals surface area contributed by atoms with Gasteiger partial charge in [0.2, 0.25) is 5.88 Å². The van der Waals surface area contributed by atoms with Crippen LogP contribution in [0.25, 0.3) is 21.7 Å². The number of ether oxygens (including phenoxy) is 1. The Morgan fingerprint density at radius 2 is 1.86 bits per heavy atom. The Morgan fingerprint density at radius 3 is 2.68 bits per heavy atom. The molecule has 0 saturated carbocycles. The van der Waals surface area contributed by atoms with Crippen LogP contribution in [0, 0.1) is 13.8 Å². The number of H-pyrrole nitrogens is 1. The van der Waals surface area contributed by atoms with Crippen LogP contribution in [0.2, 0.25) is 0 Å². The van der Waals surface area contributed by atoms with Crippen molar-refractivity contribution in [3.63, 3.8) is 0 Å². The highest BCUT2D eigenvalue weighted by molar-refractivity contribution is 5.96. The van der Waals surface area contributed by atoms with Crippen molar-refractivity contribution in [1.82, 2.24) is 4.98 Å². The van der Waals surface area contributed by atoms with Crippen LogP contribution in [0.5, 0.6) is 11.6 Å². The number of nitrogens with zero attached hydrogens (tertiary/aromatic N) is 2. The first kappa shape index (κ1) is 17.7. The fraction of sp³-hybridized carbons (Fsp3) is 0.136. The van der Waals surface area contributed by atoms with Crippen LogP contribution in [0.1, 0.15) is 11.1 Å². The molecule has 4 aromatic rings. The molecule has 1 heterocycles. The number of azo groups is 1. The van der Waals surface area contributed by atoms with Gasteiger partial charge in [-0.15, -0.1) is 10.2 Å². The van der Waals surface area contributed by atoms with Crippen LogP contribution in [0.15, 0.2) is 64.8 Å². The molecule has 6 nitrogen and oxygen atoms in total. The molecule has 140 valence electrons. The lowest BCUT2D eigenvalue weighted by atomic mass is 10.1. The van der Waals surface area contributed by atoms with E-state index in [1.165, 1.54) is 0 Å². The van der Waals surface area contributed by atoms with Crippen molar-refractivity contribution in [1.29, 1.82) is 0 Å². The number of aryl methyl sites for hydroxylation is 2. The topological polar surface area (TPSA) is 87.0 Å². The summed E-state index contributed by atoms with van der Waals surface area (Å²) in [6, 6.07) is 17.4. The third-order valence-electron chi connectivity index (χ3n) is 4.55. The SMILES string of the molecule is Cc1cc(C)c2[nH]c(O)c(N=NC(=O)COc3ccc4ccccc4c3)c2c1. The molecule has 3 aromatic carbocycles. The third-order valence-corrected chi connectivity index (χ3v) is 4.55. The zero-order valence-electron chi connectivity index (χ0n) is 15.6. The zero-order valence-corrected chi connectivity index (χ0v) is 15.6. The minimum Gasteiger partial charge on any atom is -0.493 e. The number of amides is 1.